The average Bonchev–Trinajstić information content (AvgIpc) is 2.01. The van der Waals surface area contributed by atoms with E-state index in [-0.39, 0.29) is 0 Å². The molecule has 0 N–H and O–H groups in total. The third-order valence-corrected chi connectivity index (χ3v) is 3.82. The van der Waals surface area contributed by atoms with Crippen LogP contribution in [0.25, 0.3) is 0 Å². The maximum Gasteiger partial charge on any atom is 0.0429 e. The Morgan fingerprint density at radius 2 is 1.79 bits per heavy atom. The first-order valence-corrected chi connectivity index (χ1v) is 5.82. The average molecular weight is 198 g/mol. The van der Waals surface area contributed by atoms with E-state index in [1.54, 1.807) is 0 Å². The van der Waals surface area contributed by atoms with Gasteiger partial charge in [0, 0.05) is 24.7 Å². The normalized spacial score (nSPS) is 24.0. The molecule has 0 aliphatic carbocycles. The zero-order chi connectivity index (χ0) is 10.9. The van der Waals surface area contributed by atoms with Gasteiger partial charge in [0.2, 0.25) is 0 Å². The van der Waals surface area contributed by atoms with Gasteiger partial charge in [-0.3, -0.25) is 4.90 Å². The zero-order valence-electron chi connectivity index (χ0n) is 10.7. The first-order chi connectivity index (χ1) is 6.40. The van der Waals surface area contributed by atoms with Crippen molar-refractivity contribution in [2.75, 3.05) is 27.2 Å². The van der Waals surface area contributed by atoms with Crippen molar-refractivity contribution in [2.45, 2.75) is 45.7 Å². The zero-order valence-corrected chi connectivity index (χ0v) is 10.7. The predicted octanol–water partition coefficient (Wildman–Crippen LogP) is 2.06. The van der Waals surface area contributed by atoms with Crippen molar-refractivity contribution >= 4 is 0 Å². The van der Waals surface area contributed by atoms with Crippen LogP contribution in [0.5, 0.6) is 0 Å². The lowest BCUT2D eigenvalue weighted by Crippen LogP contribution is -2.69. The minimum absolute atomic E-state index is 0.419. The summed E-state index contributed by atoms with van der Waals surface area (Å²) in [5.41, 5.74) is 0.419. The molecule has 1 heterocycles. The van der Waals surface area contributed by atoms with E-state index in [0.717, 1.165) is 12.0 Å². The van der Waals surface area contributed by atoms with E-state index < -0.39 is 0 Å². The largest absolute Gasteiger partial charge is 0.301 e. The summed E-state index contributed by atoms with van der Waals surface area (Å²) >= 11 is 0. The fourth-order valence-electron chi connectivity index (χ4n) is 2.50. The van der Waals surface area contributed by atoms with Gasteiger partial charge in [-0.15, -0.1) is 0 Å². The summed E-state index contributed by atoms with van der Waals surface area (Å²) in [5, 5.41) is 0. The fraction of sp³-hybridized carbons (Fsp3) is 1.00. The Morgan fingerprint density at radius 3 is 2.07 bits per heavy atom. The van der Waals surface area contributed by atoms with Gasteiger partial charge >= 0.3 is 0 Å². The number of nitrogens with zero attached hydrogens (tertiary/aromatic N) is 2. The van der Waals surface area contributed by atoms with Crippen LogP contribution in [-0.2, 0) is 0 Å². The molecule has 1 aliphatic heterocycles. The van der Waals surface area contributed by atoms with Gasteiger partial charge in [-0.2, -0.15) is 0 Å². The summed E-state index contributed by atoms with van der Waals surface area (Å²) < 4.78 is 0. The summed E-state index contributed by atoms with van der Waals surface area (Å²) in [5.74, 6) is 0.784. The molecular weight excluding hydrogens is 172 g/mol. The van der Waals surface area contributed by atoms with Crippen molar-refractivity contribution in [1.82, 2.24) is 9.80 Å². The highest BCUT2D eigenvalue weighted by molar-refractivity contribution is 5.01. The summed E-state index contributed by atoms with van der Waals surface area (Å²) in [4.78, 5) is 4.99. The van der Waals surface area contributed by atoms with Crippen LogP contribution in [0.1, 0.15) is 34.1 Å². The molecule has 84 valence electrons. The Labute approximate surface area is 89.3 Å². The predicted molar refractivity (Wildman–Crippen MR) is 62.6 cm³/mol. The lowest BCUT2D eigenvalue weighted by molar-refractivity contribution is -0.0535. The number of likely N-dealkylation sites (tertiary alicyclic amines) is 1. The van der Waals surface area contributed by atoms with Crippen LogP contribution in [0.3, 0.4) is 0 Å². The molecule has 0 saturated carbocycles. The lowest BCUT2D eigenvalue weighted by atomic mass is 9.86. The van der Waals surface area contributed by atoms with Crippen LogP contribution in [0.2, 0.25) is 0 Å². The van der Waals surface area contributed by atoms with Gasteiger partial charge in [0.1, 0.15) is 0 Å². The maximum absolute atomic E-state index is 2.63. The Morgan fingerprint density at radius 1 is 1.29 bits per heavy atom. The number of hydrogen-bond acceptors (Lipinski definition) is 2. The lowest BCUT2D eigenvalue weighted by Gasteiger charge is -2.55. The first kappa shape index (κ1) is 12.0. The summed E-state index contributed by atoms with van der Waals surface area (Å²) in [6.07, 6.45) is 1.28. The summed E-state index contributed by atoms with van der Waals surface area (Å²) in [7, 11) is 4.38. The van der Waals surface area contributed by atoms with Gasteiger partial charge in [0.25, 0.3) is 0 Å². The van der Waals surface area contributed by atoms with Crippen LogP contribution < -0.4 is 0 Å². The van der Waals surface area contributed by atoms with E-state index in [2.05, 4.69) is 51.6 Å². The monoisotopic (exact) mass is 198 g/mol. The highest BCUT2D eigenvalue weighted by Gasteiger charge is 2.43. The van der Waals surface area contributed by atoms with Crippen LogP contribution in [0.4, 0.5) is 0 Å². The second-order valence-electron chi connectivity index (χ2n) is 5.52. The van der Waals surface area contributed by atoms with Gasteiger partial charge in [0.05, 0.1) is 0 Å². The third kappa shape index (κ3) is 2.12. The van der Waals surface area contributed by atoms with Crippen LogP contribution >= 0.6 is 0 Å². The SMILES string of the molecule is CCC(C(C)C)N1CC(C)(N(C)C)C1. The minimum atomic E-state index is 0.419. The van der Waals surface area contributed by atoms with Crippen molar-refractivity contribution in [3.05, 3.63) is 0 Å². The molecule has 1 fully saturated rings. The topological polar surface area (TPSA) is 6.48 Å². The Bertz CT molecular complexity index is 181. The number of likely N-dealkylation sites (N-methyl/N-ethyl adjacent to an activating group) is 1. The third-order valence-electron chi connectivity index (χ3n) is 3.82. The van der Waals surface area contributed by atoms with E-state index in [0.29, 0.717) is 5.54 Å². The van der Waals surface area contributed by atoms with Crippen molar-refractivity contribution in [2.24, 2.45) is 5.92 Å². The Hall–Kier alpha value is -0.0800. The number of hydrogen-bond donors (Lipinski definition) is 0. The molecule has 0 amide bonds. The van der Waals surface area contributed by atoms with E-state index in [1.807, 2.05) is 0 Å². The molecule has 14 heavy (non-hydrogen) atoms. The standard InChI is InChI=1S/C12H26N2/c1-7-11(10(2)3)14-8-12(4,9-14)13(5)6/h10-11H,7-9H2,1-6H3. The van der Waals surface area contributed by atoms with Crippen LogP contribution in [0, 0.1) is 5.92 Å². The molecule has 2 nitrogen and oxygen atoms in total. The second kappa shape index (κ2) is 4.19. The molecule has 0 radical (unpaired) electrons. The molecule has 0 aromatic heterocycles. The first-order valence-electron chi connectivity index (χ1n) is 5.82. The Kier molecular flexibility index (Phi) is 3.59. The molecular formula is C12H26N2. The molecule has 0 spiro atoms. The van der Waals surface area contributed by atoms with Gasteiger partial charge in [-0.1, -0.05) is 20.8 Å². The fourth-order valence-corrected chi connectivity index (χ4v) is 2.50. The van der Waals surface area contributed by atoms with Crippen molar-refractivity contribution in [3.8, 4) is 0 Å². The van der Waals surface area contributed by atoms with Gasteiger partial charge < -0.3 is 4.90 Å². The van der Waals surface area contributed by atoms with E-state index in [9.17, 15) is 0 Å². The molecule has 1 unspecified atom stereocenters. The number of rotatable bonds is 4. The maximum atomic E-state index is 2.63. The van der Waals surface area contributed by atoms with Crippen molar-refractivity contribution in [1.29, 1.82) is 0 Å². The van der Waals surface area contributed by atoms with E-state index in [4.69, 9.17) is 0 Å². The van der Waals surface area contributed by atoms with Crippen LogP contribution in [0.15, 0.2) is 0 Å². The molecule has 1 rings (SSSR count). The molecule has 1 aliphatic rings. The molecule has 2 heteroatoms. The highest BCUT2D eigenvalue weighted by atomic mass is 15.3. The van der Waals surface area contributed by atoms with E-state index >= 15 is 0 Å². The summed E-state index contributed by atoms with van der Waals surface area (Å²) in [6, 6.07) is 0.781. The molecule has 1 saturated heterocycles. The quantitative estimate of drug-likeness (QED) is 0.682. The van der Waals surface area contributed by atoms with Gasteiger partial charge in [-0.05, 0) is 33.4 Å². The molecule has 1 atom stereocenters. The Balaban J connectivity index is 2.46. The summed E-state index contributed by atoms with van der Waals surface area (Å²) in [6.45, 7) is 11.8. The molecule has 0 aromatic rings. The van der Waals surface area contributed by atoms with Crippen LogP contribution in [-0.4, -0.2) is 48.6 Å². The smallest absolute Gasteiger partial charge is 0.0429 e. The minimum Gasteiger partial charge on any atom is -0.301 e. The van der Waals surface area contributed by atoms with Gasteiger partial charge in [-0.25, -0.2) is 0 Å². The second-order valence-corrected chi connectivity index (χ2v) is 5.52. The van der Waals surface area contributed by atoms with Gasteiger partial charge in [0.15, 0.2) is 0 Å². The molecule has 0 bridgehead atoms. The van der Waals surface area contributed by atoms with Crippen molar-refractivity contribution in [3.63, 3.8) is 0 Å². The highest BCUT2D eigenvalue weighted by Crippen LogP contribution is 2.30. The molecule has 0 aromatic carbocycles. The van der Waals surface area contributed by atoms with E-state index in [1.165, 1.54) is 19.5 Å². The van der Waals surface area contributed by atoms with Crippen molar-refractivity contribution < 1.29 is 0 Å².